The molecule has 0 saturated carbocycles. The van der Waals surface area contributed by atoms with Crippen molar-refractivity contribution in [3.8, 4) is 17.2 Å². The monoisotopic (exact) mass is 520 g/mol. The van der Waals surface area contributed by atoms with Crippen LogP contribution in [0.4, 0.5) is 0 Å². The number of amides is 2. The average Bonchev–Trinajstić information content (AvgIpc) is 3.33. The first-order valence-electron chi connectivity index (χ1n) is 10.5. The van der Waals surface area contributed by atoms with Crippen LogP contribution < -0.4 is 24.8 Å². The summed E-state index contributed by atoms with van der Waals surface area (Å²) < 4.78 is 21.3. The molecular formula is C23H25ClN4O6S. The lowest BCUT2D eigenvalue weighted by atomic mass is 10.1. The lowest BCUT2D eigenvalue weighted by Gasteiger charge is -2.10. The predicted octanol–water partition coefficient (Wildman–Crippen LogP) is 2.89. The van der Waals surface area contributed by atoms with Gasteiger partial charge in [-0.05, 0) is 48.4 Å². The largest absolute Gasteiger partial charge is 0.493 e. The van der Waals surface area contributed by atoms with Gasteiger partial charge in [0.2, 0.25) is 11.8 Å². The molecule has 0 radical (unpaired) electrons. The molecule has 35 heavy (non-hydrogen) atoms. The molecule has 12 heteroatoms. The van der Waals surface area contributed by atoms with E-state index in [9.17, 15) is 9.59 Å². The molecule has 2 amide bonds. The van der Waals surface area contributed by atoms with Crippen LogP contribution in [-0.4, -0.2) is 55.1 Å². The number of hydrogen-bond donors (Lipinski definition) is 2. The third-order valence-electron chi connectivity index (χ3n) is 4.58. The first-order chi connectivity index (χ1) is 17.0. The highest BCUT2D eigenvalue weighted by molar-refractivity contribution is 7.99. The Bertz CT molecular complexity index is 1130. The van der Waals surface area contributed by atoms with Gasteiger partial charge in [0.05, 0.1) is 26.5 Å². The molecule has 3 rings (SSSR count). The molecule has 2 aromatic carbocycles. The highest BCUT2D eigenvalue weighted by Gasteiger charge is 2.11. The molecule has 0 unspecified atom stereocenters. The molecule has 186 valence electrons. The van der Waals surface area contributed by atoms with Gasteiger partial charge in [-0.1, -0.05) is 29.4 Å². The van der Waals surface area contributed by atoms with Crippen molar-refractivity contribution in [1.82, 2.24) is 20.8 Å². The van der Waals surface area contributed by atoms with Crippen LogP contribution in [0.2, 0.25) is 5.02 Å². The Labute approximate surface area is 211 Å². The van der Waals surface area contributed by atoms with Gasteiger partial charge in [-0.25, -0.2) is 0 Å². The van der Waals surface area contributed by atoms with Crippen LogP contribution in [0.3, 0.4) is 0 Å². The molecule has 0 spiro atoms. The third-order valence-corrected chi connectivity index (χ3v) is 5.65. The number of carbonyl (C=O) groups is 2. The Morgan fingerprint density at radius 3 is 2.51 bits per heavy atom. The van der Waals surface area contributed by atoms with Crippen LogP contribution in [0.25, 0.3) is 0 Å². The number of thioether (sulfide) groups is 1. The molecule has 0 atom stereocenters. The molecule has 0 saturated heterocycles. The third kappa shape index (κ3) is 8.69. The van der Waals surface area contributed by atoms with E-state index in [0.717, 1.165) is 17.3 Å². The van der Waals surface area contributed by atoms with E-state index in [4.69, 9.17) is 30.2 Å². The molecule has 10 nitrogen and oxygen atoms in total. The fraction of sp³-hybridized carbons (Fsp3) is 0.304. The second-order valence-corrected chi connectivity index (χ2v) is 8.42. The van der Waals surface area contributed by atoms with E-state index in [1.165, 1.54) is 0 Å². The van der Waals surface area contributed by atoms with Crippen molar-refractivity contribution in [2.45, 2.75) is 18.2 Å². The smallest absolute Gasteiger partial charge is 0.277 e. The fourth-order valence-corrected chi connectivity index (χ4v) is 3.57. The van der Waals surface area contributed by atoms with Crippen molar-refractivity contribution in [2.75, 3.05) is 33.1 Å². The van der Waals surface area contributed by atoms with Gasteiger partial charge in [0, 0.05) is 11.6 Å². The van der Waals surface area contributed by atoms with Gasteiger partial charge in [-0.3, -0.25) is 9.59 Å². The number of hydrogen-bond acceptors (Lipinski definition) is 9. The van der Waals surface area contributed by atoms with Gasteiger partial charge in [-0.15, -0.1) is 10.2 Å². The lowest BCUT2D eigenvalue weighted by Crippen LogP contribution is -2.28. The fourth-order valence-electron chi connectivity index (χ4n) is 2.83. The molecule has 1 aromatic heterocycles. The maximum absolute atomic E-state index is 12.1. The minimum absolute atomic E-state index is 0.0495. The maximum atomic E-state index is 12.1. The van der Waals surface area contributed by atoms with Gasteiger partial charge in [0.1, 0.15) is 5.75 Å². The van der Waals surface area contributed by atoms with Crippen LogP contribution in [0.5, 0.6) is 17.2 Å². The molecule has 0 bridgehead atoms. The number of methoxy groups -OCH3 is 2. The van der Waals surface area contributed by atoms with Crippen molar-refractivity contribution >= 4 is 35.2 Å². The minimum Gasteiger partial charge on any atom is -0.493 e. The van der Waals surface area contributed by atoms with Gasteiger partial charge in [-0.2, -0.15) is 0 Å². The summed E-state index contributed by atoms with van der Waals surface area (Å²) in [5.41, 5.74) is 1.01. The van der Waals surface area contributed by atoms with Crippen molar-refractivity contribution in [2.24, 2.45) is 0 Å². The first-order valence-corrected chi connectivity index (χ1v) is 11.9. The lowest BCUT2D eigenvalue weighted by molar-refractivity contribution is -0.123. The SMILES string of the molecule is COc1ccc(CCNC(=O)CSc2nnc(CNC(=O)COc3ccc(Cl)cc3)o2)cc1OC. The topological polar surface area (TPSA) is 125 Å². The Morgan fingerprint density at radius 1 is 1.00 bits per heavy atom. The summed E-state index contributed by atoms with van der Waals surface area (Å²) in [6, 6.07) is 12.3. The number of aromatic nitrogens is 2. The predicted molar refractivity (Wildman–Crippen MR) is 130 cm³/mol. The van der Waals surface area contributed by atoms with Crippen molar-refractivity contribution < 1.29 is 28.2 Å². The van der Waals surface area contributed by atoms with Crippen LogP contribution in [0.1, 0.15) is 11.5 Å². The Morgan fingerprint density at radius 2 is 1.77 bits per heavy atom. The molecule has 1 heterocycles. The van der Waals surface area contributed by atoms with Gasteiger partial charge < -0.3 is 29.3 Å². The number of carbonyl (C=O) groups excluding carboxylic acids is 2. The summed E-state index contributed by atoms with van der Waals surface area (Å²) in [4.78, 5) is 24.0. The number of rotatable bonds is 13. The van der Waals surface area contributed by atoms with Crippen LogP contribution >= 0.6 is 23.4 Å². The molecule has 3 aromatic rings. The van der Waals surface area contributed by atoms with Gasteiger partial charge in [0.25, 0.3) is 11.1 Å². The Balaban J connectivity index is 1.32. The van der Waals surface area contributed by atoms with E-state index in [-0.39, 0.29) is 41.8 Å². The molecule has 0 aliphatic heterocycles. The van der Waals surface area contributed by atoms with E-state index in [1.807, 2.05) is 18.2 Å². The second kappa shape index (κ2) is 13.4. The molecule has 2 N–H and O–H groups in total. The number of ether oxygens (including phenoxy) is 3. The van der Waals surface area contributed by atoms with Crippen molar-refractivity contribution in [1.29, 1.82) is 0 Å². The van der Waals surface area contributed by atoms with Crippen molar-refractivity contribution in [3.63, 3.8) is 0 Å². The Kier molecular flexibility index (Phi) is 10.1. The number of halogens is 1. The summed E-state index contributed by atoms with van der Waals surface area (Å²) in [6.07, 6.45) is 0.642. The quantitative estimate of drug-likeness (QED) is 0.327. The first kappa shape index (κ1) is 26.2. The minimum atomic E-state index is -0.346. The normalized spacial score (nSPS) is 10.5. The summed E-state index contributed by atoms with van der Waals surface area (Å²) in [5.74, 6) is 1.66. The van der Waals surface area contributed by atoms with E-state index in [2.05, 4.69) is 20.8 Å². The zero-order valence-corrected chi connectivity index (χ0v) is 20.8. The highest BCUT2D eigenvalue weighted by Crippen LogP contribution is 2.27. The van der Waals surface area contributed by atoms with E-state index < -0.39 is 0 Å². The number of nitrogens with one attached hydrogen (secondary N) is 2. The number of nitrogens with zero attached hydrogens (tertiary/aromatic N) is 2. The zero-order valence-electron chi connectivity index (χ0n) is 19.2. The molecular weight excluding hydrogens is 496 g/mol. The summed E-state index contributed by atoms with van der Waals surface area (Å²) in [5, 5.41) is 14.0. The van der Waals surface area contributed by atoms with E-state index in [0.29, 0.717) is 35.2 Å². The molecule has 0 fully saturated rings. The zero-order chi connectivity index (χ0) is 25.0. The Hall–Kier alpha value is -3.44. The number of benzene rings is 2. The summed E-state index contributed by atoms with van der Waals surface area (Å²) in [7, 11) is 3.16. The second-order valence-electron chi connectivity index (χ2n) is 7.06. The van der Waals surface area contributed by atoms with E-state index >= 15 is 0 Å². The average molecular weight is 521 g/mol. The standard InChI is InChI=1S/C23H25ClN4O6S/c1-31-18-8-3-15(11-19(18)32-2)9-10-25-21(30)14-35-23-28-27-22(34-23)12-26-20(29)13-33-17-6-4-16(24)5-7-17/h3-8,11H,9-10,12-14H2,1-2H3,(H,25,30)(H,26,29). The van der Waals surface area contributed by atoms with Crippen LogP contribution in [-0.2, 0) is 22.6 Å². The van der Waals surface area contributed by atoms with Gasteiger partial charge in [0.15, 0.2) is 18.1 Å². The van der Waals surface area contributed by atoms with Crippen molar-refractivity contribution in [3.05, 3.63) is 58.9 Å². The highest BCUT2D eigenvalue weighted by atomic mass is 35.5. The van der Waals surface area contributed by atoms with Gasteiger partial charge >= 0.3 is 0 Å². The summed E-state index contributed by atoms with van der Waals surface area (Å²) >= 11 is 6.92. The summed E-state index contributed by atoms with van der Waals surface area (Å²) in [6.45, 7) is 0.350. The van der Waals surface area contributed by atoms with E-state index in [1.54, 1.807) is 38.5 Å². The molecule has 0 aliphatic carbocycles. The maximum Gasteiger partial charge on any atom is 0.277 e. The van der Waals surface area contributed by atoms with Crippen LogP contribution in [0, 0.1) is 0 Å². The van der Waals surface area contributed by atoms with Crippen LogP contribution in [0.15, 0.2) is 52.1 Å². The molecule has 0 aliphatic rings.